The van der Waals surface area contributed by atoms with E-state index >= 15 is 0 Å². The first kappa shape index (κ1) is 9.51. The Kier molecular flexibility index (Phi) is 2.07. The normalized spacial score (nSPS) is 10.7. The molecule has 1 aromatic carbocycles. The number of hydrogen-bond acceptors (Lipinski definition) is 2. The number of aromatic nitrogens is 2. The smallest absolute Gasteiger partial charge is 0.326 e. The van der Waals surface area contributed by atoms with Crippen LogP contribution in [0, 0.1) is 5.41 Å². The van der Waals surface area contributed by atoms with Gasteiger partial charge >= 0.3 is 5.69 Å². The van der Waals surface area contributed by atoms with Crippen molar-refractivity contribution >= 4 is 16.9 Å². The predicted octanol–water partition coefficient (Wildman–Crippen LogP) is 0.345. The molecule has 0 bridgehead atoms. The van der Waals surface area contributed by atoms with E-state index in [2.05, 4.69) is 4.98 Å². The lowest BCUT2D eigenvalue weighted by molar-refractivity contribution is 0.891. The van der Waals surface area contributed by atoms with E-state index < -0.39 is 0 Å². The third kappa shape index (κ3) is 1.63. The average Bonchev–Trinajstić information content (AvgIpc) is 2.41. The van der Waals surface area contributed by atoms with Crippen LogP contribution in [0.25, 0.3) is 11.0 Å². The van der Waals surface area contributed by atoms with Crippen LogP contribution in [0.4, 0.5) is 0 Å². The molecule has 0 fully saturated rings. The van der Waals surface area contributed by atoms with Crippen LogP contribution in [0.15, 0.2) is 23.0 Å². The molecule has 78 valence electrons. The van der Waals surface area contributed by atoms with Crippen LogP contribution in [-0.2, 0) is 13.5 Å². The minimum atomic E-state index is -0.134. The largest absolute Gasteiger partial charge is 0.387 e. The van der Waals surface area contributed by atoms with Gasteiger partial charge in [0.15, 0.2) is 0 Å². The van der Waals surface area contributed by atoms with E-state index in [-0.39, 0.29) is 11.5 Å². The van der Waals surface area contributed by atoms with Crippen molar-refractivity contribution in [2.24, 2.45) is 12.8 Å². The van der Waals surface area contributed by atoms with Gasteiger partial charge in [0.2, 0.25) is 0 Å². The molecular weight excluding hydrogens is 192 g/mol. The molecule has 0 radical (unpaired) electrons. The SMILES string of the molecule is Cn1c(=O)[nH]c2cc(CC(=N)N)ccc21. The monoisotopic (exact) mass is 204 g/mol. The highest BCUT2D eigenvalue weighted by Gasteiger charge is 2.04. The van der Waals surface area contributed by atoms with Crippen LogP contribution in [0.2, 0.25) is 0 Å². The van der Waals surface area contributed by atoms with Gasteiger partial charge in [-0.1, -0.05) is 6.07 Å². The molecule has 0 aliphatic carbocycles. The first-order valence-corrected chi connectivity index (χ1v) is 4.58. The summed E-state index contributed by atoms with van der Waals surface area (Å²) in [7, 11) is 1.71. The van der Waals surface area contributed by atoms with Crippen molar-refractivity contribution in [3.8, 4) is 0 Å². The van der Waals surface area contributed by atoms with Crippen molar-refractivity contribution in [3.63, 3.8) is 0 Å². The number of H-pyrrole nitrogens is 1. The summed E-state index contributed by atoms with van der Waals surface area (Å²) in [5.41, 5.74) is 7.74. The summed E-state index contributed by atoms with van der Waals surface area (Å²) in [6, 6.07) is 5.57. The number of nitrogens with zero attached hydrogens (tertiary/aromatic N) is 1. The highest BCUT2D eigenvalue weighted by atomic mass is 16.1. The molecule has 0 spiro atoms. The van der Waals surface area contributed by atoms with E-state index in [1.165, 1.54) is 0 Å². The molecule has 15 heavy (non-hydrogen) atoms. The fourth-order valence-electron chi connectivity index (χ4n) is 1.61. The number of imidazole rings is 1. The second-order valence-electron chi connectivity index (χ2n) is 3.54. The number of nitrogens with one attached hydrogen (secondary N) is 2. The van der Waals surface area contributed by atoms with Gasteiger partial charge in [-0.05, 0) is 17.7 Å². The van der Waals surface area contributed by atoms with Crippen molar-refractivity contribution < 1.29 is 0 Å². The van der Waals surface area contributed by atoms with Gasteiger partial charge in [0.05, 0.1) is 16.9 Å². The lowest BCUT2D eigenvalue weighted by Crippen LogP contribution is -2.12. The molecule has 0 amide bonds. The minimum absolute atomic E-state index is 0.118. The molecule has 0 saturated carbocycles. The number of nitrogens with two attached hydrogens (primary N) is 1. The molecular formula is C10H12N4O. The maximum absolute atomic E-state index is 11.3. The molecule has 4 N–H and O–H groups in total. The standard InChI is InChI=1S/C10H12N4O/c1-14-8-3-2-6(5-9(11)12)4-7(8)13-10(14)15/h2-4H,5H2,1H3,(H3,11,12)(H,13,15). The van der Waals surface area contributed by atoms with E-state index in [4.69, 9.17) is 11.1 Å². The third-order valence-corrected chi connectivity index (χ3v) is 2.36. The quantitative estimate of drug-likeness (QED) is 0.486. The van der Waals surface area contributed by atoms with Gasteiger partial charge in [0.1, 0.15) is 0 Å². The Morgan fingerprint density at radius 1 is 1.60 bits per heavy atom. The zero-order chi connectivity index (χ0) is 11.0. The number of hydrogen-bond donors (Lipinski definition) is 3. The zero-order valence-corrected chi connectivity index (χ0v) is 8.37. The van der Waals surface area contributed by atoms with Gasteiger partial charge in [-0.3, -0.25) is 9.98 Å². The maximum Gasteiger partial charge on any atom is 0.326 e. The molecule has 5 nitrogen and oxygen atoms in total. The van der Waals surface area contributed by atoms with Crippen molar-refractivity contribution in [1.82, 2.24) is 9.55 Å². The molecule has 0 aliphatic rings. The highest BCUT2D eigenvalue weighted by molar-refractivity contribution is 5.82. The molecule has 0 saturated heterocycles. The fraction of sp³-hybridized carbons (Fsp3) is 0.200. The number of benzene rings is 1. The van der Waals surface area contributed by atoms with Crippen molar-refractivity contribution in [2.45, 2.75) is 6.42 Å². The summed E-state index contributed by atoms with van der Waals surface area (Å²) in [4.78, 5) is 14.0. The lowest BCUT2D eigenvalue weighted by atomic mass is 10.1. The van der Waals surface area contributed by atoms with E-state index in [0.29, 0.717) is 6.42 Å². The first-order chi connectivity index (χ1) is 7.08. The van der Waals surface area contributed by atoms with Crippen LogP contribution in [-0.4, -0.2) is 15.4 Å². The summed E-state index contributed by atoms with van der Waals surface area (Å²) < 4.78 is 1.55. The van der Waals surface area contributed by atoms with Gasteiger partial charge in [-0.25, -0.2) is 4.79 Å². The maximum atomic E-state index is 11.3. The summed E-state index contributed by atoms with van der Waals surface area (Å²) in [6.07, 6.45) is 0.410. The van der Waals surface area contributed by atoms with Crippen molar-refractivity contribution in [1.29, 1.82) is 5.41 Å². The number of aromatic amines is 1. The topological polar surface area (TPSA) is 87.7 Å². The van der Waals surface area contributed by atoms with Gasteiger partial charge in [0.25, 0.3) is 0 Å². The lowest BCUT2D eigenvalue weighted by Gasteiger charge is -1.99. The molecule has 2 rings (SSSR count). The van der Waals surface area contributed by atoms with E-state index in [9.17, 15) is 4.79 Å². The van der Waals surface area contributed by atoms with Crippen molar-refractivity contribution in [2.75, 3.05) is 0 Å². The van der Waals surface area contributed by atoms with E-state index in [1.807, 2.05) is 18.2 Å². The van der Waals surface area contributed by atoms with Crippen LogP contribution >= 0.6 is 0 Å². The molecule has 5 heteroatoms. The van der Waals surface area contributed by atoms with Crippen LogP contribution < -0.4 is 11.4 Å². The number of aryl methyl sites for hydroxylation is 1. The Balaban J connectivity index is 2.57. The summed E-state index contributed by atoms with van der Waals surface area (Å²) >= 11 is 0. The van der Waals surface area contributed by atoms with Crippen molar-refractivity contribution in [3.05, 3.63) is 34.2 Å². The van der Waals surface area contributed by atoms with Crippen LogP contribution in [0.1, 0.15) is 5.56 Å². The summed E-state index contributed by atoms with van der Waals surface area (Å²) in [5.74, 6) is 0.118. The second kappa shape index (κ2) is 3.27. The van der Waals surface area contributed by atoms with Gasteiger partial charge < -0.3 is 10.7 Å². The fourth-order valence-corrected chi connectivity index (χ4v) is 1.61. The first-order valence-electron chi connectivity index (χ1n) is 4.58. The Bertz CT molecular complexity index is 579. The summed E-state index contributed by atoms with van der Waals surface area (Å²) in [5, 5.41) is 7.19. The van der Waals surface area contributed by atoms with Crippen LogP contribution in [0.5, 0.6) is 0 Å². The predicted molar refractivity (Wildman–Crippen MR) is 59.2 cm³/mol. The number of fused-ring (bicyclic) bond motifs is 1. The molecule has 2 aromatic rings. The number of rotatable bonds is 2. The highest BCUT2D eigenvalue weighted by Crippen LogP contribution is 2.12. The number of amidine groups is 1. The van der Waals surface area contributed by atoms with Gasteiger partial charge in [-0.15, -0.1) is 0 Å². The third-order valence-electron chi connectivity index (χ3n) is 2.36. The zero-order valence-electron chi connectivity index (χ0n) is 8.37. The Morgan fingerprint density at radius 3 is 3.00 bits per heavy atom. The molecule has 1 heterocycles. The van der Waals surface area contributed by atoms with E-state index in [1.54, 1.807) is 11.6 Å². The average molecular weight is 204 g/mol. The Labute approximate surface area is 86.0 Å². The Morgan fingerprint density at radius 2 is 2.33 bits per heavy atom. The molecule has 0 aliphatic heterocycles. The van der Waals surface area contributed by atoms with Gasteiger partial charge in [0, 0.05) is 13.5 Å². The van der Waals surface area contributed by atoms with Gasteiger partial charge in [-0.2, -0.15) is 0 Å². The molecule has 1 aromatic heterocycles. The van der Waals surface area contributed by atoms with Crippen LogP contribution in [0.3, 0.4) is 0 Å². The van der Waals surface area contributed by atoms with E-state index in [0.717, 1.165) is 16.6 Å². The Hall–Kier alpha value is -2.04. The molecule has 0 atom stereocenters. The second-order valence-corrected chi connectivity index (χ2v) is 3.54. The summed E-state index contributed by atoms with van der Waals surface area (Å²) in [6.45, 7) is 0. The minimum Gasteiger partial charge on any atom is -0.387 e. The molecule has 0 unspecified atom stereocenters.